The fourth-order valence-electron chi connectivity index (χ4n) is 3.24. The molecule has 1 aliphatic carbocycles. The van der Waals surface area contributed by atoms with Gasteiger partial charge in [0, 0.05) is 23.2 Å². The highest BCUT2D eigenvalue weighted by Crippen LogP contribution is 2.19. The lowest BCUT2D eigenvalue weighted by Crippen LogP contribution is -2.43. The molecule has 1 saturated carbocycles. The van der Waals surface area contributed by atoms with E-state index < -0.39 is 6.10 Å². The Kier molecular flexibility index (Phi) is 6.16. The second-order valence-corrected chi connectivity index (χ2v) is 7.39. The third-order valence-electron chi connectivity index (χ3n) is 4.79. The first-order chi connectivity index (χ1) is 12.9. The molecule has 1 aliphatic rings. The number of amides is 1. The van der Waals surface area contributed by atoms with Crippen molar-refractivity contribution in [1.82, 2.24) is 15.1 Å². The van der Waals surface area contributed by atoms with E-state index in [1.807, 2.05) is 13.0 Å². The predicted molar refractivity (Wildman–Crippen MR) is 105 cm³/mol. The second-order valence-electron chi connectivity index (χ2n) is 6.96. The van der Waals surface area contributed by atoms with E-state index >= 15 is 0 Å². The zero-order valence-electron chi connectivity index (χ0n) is 15.6. The monoisotopic (exact) mass is 389 g/mol. The molecule has 1 atom stereocenters. The number of nitrogens with zero attached hydrogens (tertiary/aromatic N) is 2. The molecule has 1 N–H and O–H groups in total. The summed E-state index contributed by atoms with van der Waals surface area (Å²) in [6.45, 7) is 3.55. The average molecular weight is 390 g/mol. The molecule has 0 radical (unpaired) electrons. The summed E-state index contributed by atoms with van der Waals surface area (Å²) in [5, 5.41) is 7.80. The smallest absolute Gasteiger partial charge is 0.271 e. The number of ether oxygens (including phenoxy) is 1. The fourth-order valence-corrected chi connectivity index (χ4v) is 3.41. The number of carbonyl (C=O) groups excluding carboxylic acids is 1. The topological polar surface area (TPSA) is 73.2 Å². The second kappa shape index (κ2) is 8.57. The van der Waals surface area contributed by atoms with E-state index in [4.69, 9.17) is 16.3 Å². The van der Waals surface area contributed by atoms with Crippen molar-refractivity contribution in [3.05, 3.63) is 51.3 Å². The van der Waals surface area contributed by atoms with Gasteiger partial charge in [0.05, 0.1) is 5.69 Å². The fraction of sp³-hybridized carbons (Fsp3) is 0.450. The highest BCUT2D eigenvalue weighted by molar-refractivity contribution is 6.30. The molecule has 144 valence electrons. The third kappa shape index (κ3) is 4.89. The molecule has 1 unspecified atom stereocenters. The first-order valence-corrected chi connectivity index (χ1v) is 9.66. The summed E-state index contributed by atoms with van der Waals surface area (Å²) < 4.78 is 6.93. The molecule has 7 heteroatoms. The molecule has 0 saturated heterocycles. The summed E-state index contributed by atoms with van der Waals surface area (Å²) in [5.41, 5.74) is 1.14. The molecular formula is C20H24ClN3O3. The van der Waals surface area contributed by atoms with Gasteiger partial charge >= 0.3 is 0 Å². The Balaban J connectivity index is 1.74. The maximum Gasteiger partial charge on any atom is 0.271 e. The quantitative estimate of drug-likeness (QED) is 0.850. The van der Waals surface area contributed by atoms with Crippen LogP contribution in [0.15, 0.2) is 35.1 Å². The standard InChI is InChI=1S/C20H24ClN3O3/c1-13-8-9-15(21)12-17(13)24-19(25)11-10-18(23-24)27-14(2)20(26)22-16-6-4-3-5-7-16/h8-12,14,16H,3-7H2,1-2H3,(H,22,26). The van der Waals surface area contributed by atoms with Crippen molar-refractivity contribution in [3.63, 3.8) is 0 Å². The van der Waals surface area contributed by atoms with Crippen molar-refractivity contribution in [1.29, 1.82) is 0 Å². The highest BCUT2D eigenvalue weighted by atomic mass is 35.5. The number of rotatable bonds is 5. The lowest BCUT2D eigenvalue weighted by atomic mass is 9.95. The largest absolute Gasteiger partial charge is 0.464 e. The van der Waals surface area contributed by atoms with E-state index in [0.717, 1.165) is 31.2 Å². The molecule has 1 heterocycles. The molecule has 27 heavy (non-hydrogen) atoms. The minimum atomic E-state index is -0.703. The van der Waals surface area contributed by atoms with Gasteiger partial charge < -0.3 is 10.1 Å². The van der Waals surface area contributed by atoms with Gasteiger partial charge in [-0.2, -0.15) is 4.68 Å². The summed E-state index contributed by atoms with van der Waals surface area (Å²) in [4.78, 5) is 24.6. The minimum Gasteiger partial charge on any atom is -0.464 e. The summed E-state index contributed by atoms with van der Waals surface area (Å²) in [6.07, 6.45) is 4.83. The number of halogens is 1. The van der Waals surface area contributed by atoms with Gasteiger partial charge in [-0.15, -0.1) is 5.10 Å². The van der Waals surface area contributed by atoms with E-state index in [-0.39, 0.29) is 23.4 Å². The van der Waals surface area contributed by atoms with Crippen LogP contribution in [0.2, 0.25) is 5.02 Å². The maximum absolute atomic E-state index is 12.4. The van der Waals surface area contributed by atoms with Crippen molar-refractivity contribution >= 4 is 17.5 Å². The number of aromatic nitrogens is 2. The Morgan fingerprint density at radius 3 is 2.74 bits per heavy atom. The van der Waals surface area contributed by atoms with E-state index in [2.05, 4.69) is 10.4 Å². The van der Waals surface area contributed by atoms with Crippen molar-refractivity contribution in [2.45, 2.75) is 58.1 Å². The first-order valence-electron chi connectivity index (χ1n) is 9.28. The summed E-state index contributed by atoms with van der Waals surface area (Å²) in [7, 11) is 0. The van der Waals surface area contributed by atoms with Gasteiger partial charge in [-0.05, 0) is 44.4 Å². The molecule has 0 aliphatic heterocycles. The average Bonchev–Trinajstić information content (AvgIpc) is 2.66. The molecule has 1 fully saturated rings. The van der Waals surface area contributed by atoms with Crippen LogP contribution in [-0.4, -0.2) is 27.8 Å². The van der Waals surface area contributed by atoms with Crippen LogP contribution in [0.3, 0.4) is 0 Å². The van der Waals surface area contributed by atoms with Crippen LogP contribution in [-0.2, 0) is 4.79 Å². The predicted octanol–water partition coefficient (Wildman–Crippen LogP) is 3.41. The molecule has 3 rings (SSSR count). The molecule has 0 bridgehead atoms. The number of hydrogen-bond acceptors (Lipinski definition) is 4. The number of nitrogens with one attached hydrogen (secondary N) is 1. The zero-order chi connectivity index (χ0) is 19.4. The Morgan fingerprint density at radius 1 is 1.26 bits per heavy atom. The van der Waals surface area contributed by atoms with Crippen molar-refractivity contribution < 1.29 is 9.53 Å². The molecule has 1 amide bonds. The van der Waals surface area contributed by atoms with Gasteiger partial charge in [0.15, 0.2) is 6.10 Å². The molecular weight excluding hydrogens is 366 g/mol. The van der Waals surface area contributed by atoms with Crippen LogP contribution >= 0.6 is 11.6 Å². The SMILES string of the molecule is Cc1ccc(Cl)cc1-n1nc(OC(C)C(=O)NC2CCCCC2)ccc1=O. The Bertz CT molecular complexity index is 875. The van der Waals surface area contributed by atoms with E-state index in [1.54, 1.807) is 19.1 Å². The Morgan fingerprint density at radius 2 is 2.00 bits per heavy atom. The van der Waals surface area contributed by atoms with Gasteiger partial charge in [-0.25, -0.2) is 0 Å². The molecule has 1 aromatic carbocycles. The van der Waals surface area contributed by atoms with Gasteiger partial charge in [0.25, 0.3) is 11.5 Å². The van der Waals surface area contributed by atoms with Crippen LogP contribution in [0.1, 0.15) is 44.6 Å². The van der Waals surface area contributed by atoms with Crippen LogP contribution < -0.4 is 15.6 Å². The molecule has 1 aromatic heterocycles. The van der Waals surface area contributed by atoms with Crippen LogP contribution in [0.25, 0.3) is 5.69 Å². The van der Waals surface area contributed by atoms with E-state index in [0.29, 0.717) is 10.7 Å². The highest BCUT2D eigenvalue weighted by Gasteiger charge is 2.21. The van der Waals surface area contributed by atoms with Gasteiger partial charge in [-0.3, -0.25) is 9.59 Å². The number of hydrogen-bond donors (Lipinski definition) is 1. The van der Waals surface area contributed by atoms with E-state index in [9.17, 15) is 9.59 Å². The Labute approximate surface area is 163 Å². The van der Waals surface area contributed by atoms with Gasteiger partial charge in [0.2, 0.25) is 5.88 Å². The third-order valence-corrected chi connectivity index (χ3v) is 5.03. The number of aryl methyl sites for hydroxylation is 1. The lowest BCUT2D eigenvalue weighted by molar-refractivity contribution is -0.128. The maximum atomic E-state index is 12.4. The first kappa shape index (κ1) is 19.4. The summed E-state index contributed by atoms with van der Waals surface area (Å²) in [5.74, 6) is 0.0423. The van der Waals surface area contributed by atoms with Gasteiger partial charge in [-0.1, -0.05) is 36.9 Å². The van der Waals surface area contributed by atoms with Crippen LogP contribution in [0.4, 0.5) is 0 Å². The normalized spacial score (nSPS) is 16.0. The Hall–Kier alpha value is -2.34. The number of carbonyl (C=O) groups is 1. The van der Waals surface area contributed by atoms with Crippen molar-refractivity contribution in [2.24, 2.45) is 0 Å². The number of benzene rings is 1. The van der Waals surface area contributed by atoms with Gasteiger partial charge in [0.1, 0.15) is 0 Å². The summed E-state index contributed by atoms with van der Waals surface area (Å²) in [6, 6.07) is 8.31. The van der Waals surface area contributed by atoms with Crippen molar-refractivity contribution in [2.75, 3.05) is 0 Å². The lowest BCUT2D eigenvalue weighted by Gasteiger charge is -2.24. The summed E-state index contributed by atoms with van der Waals surface area (Å²) >= 11 is 6.05. The molecule has 6 nitrogen and oxygen atoms in total. The van der Waals surface area contributed by atoms with Crippen LogP contribution in [0, 0.1) is 6.92 Å². The minimum absolute atomic E-state index is 0.166. The van der Waals surface area contributed by atoms with Crippen molar-refractivity contribution in [3.8, 4) is 11.6 Å². The van der Waals surface area contributed by atoms with Crippen LogP contribution in [0.5, 0.6) is 5.88 Å². The zero-order valence-corrected chi connectivity index (χ0v) is 16.3. The molecule has 2 aromatic rings. The van der Waals surface area contributed by atoms with E-state index in [1.165, 1.54) is 23.2 Å². The molecule has 0 spiro atoms.